The number of carbonyl (C=O) groups is 1. The second-order valence-corrected chi connectivity index (χ2v) is 7.32. The van der Waals surface area contributed by atoms with Crippen molar-refractivity contribution >= 4 is 16.9 Å². The molecule has 3 nitrogen and oxygen atoms in total. The Morgan fingerprint density at radius 1 is 1.08 bits per heavy atom. The first-order valence-corrected chi connectivity index (χ1v) is 9.57. The average Bonchev–Trinajstić information content (AvgIpc) is 3.09. The summed E-state index contributed by atoms with van der Waals surface area (Å²) in [7, 11) is 0. The second kappa shape index (κ2) is 6.99. The number of furan rings is 1. The minimum Gasteiger partial charge on any atom is -0.451 e. The van der Waals surface area contributed by atoms with Crippen LogP contribution >= 0.6 is 0 Å². The van der Waals surface area contributed by atoms with Crippen LogP contribution in [0.5, 0.6) is 0 Å². The number of hydrogen-bond donors (Lipinski definition) is 1. The molecule has 1 aromatic heterocycles. The van der Waals surface area contributed by atoms with E-state index in [4.69, 9.17) is 4.42 Å². The summed E-state index contributed by atoms with van der Waals surface area (Å²) < 4.78 is 5.77. The molecule has 4 rings (SSSR count). The lowest BCUT2D eigenvalue weighted by Crippen LogP contribution is -2.28. The molecule has 0 aliphatic heterocycles. The van der Waals surface area contributed by atoms with Gasteiger partial charge in [-0.1, -0.05) is 37.3 Å². The maximum atomic E-state index is 12.7. The number of carbonyl (C=O) groups excluding carboxylic acids is 1. The molecule has 1 unspecified atom stereocenters. The van der Waals surface area contributed by atoms with E-state index in [0.29, 0.717) is 5.76 Å². The van der Waals surface area contributed by atoms with Crippen molar-refractivity contribution in [1.29, 1.82) is 0 Å². The van der Waals surface area contributed by atoms with Gasteiger partial charge in [0.2, 0.25) is 0 Å². The van der Waals surface area contributed by atoms with Crippen molar-refractivity contribution < 1.29 is 9.21 Å². The molecular weight excluding hydrogens is 322 g/mol. The van der Waals surface area contributed by atoms with Crippen LogP contribution in [0.1, 0.15) is 65.0 Å². The lowest BCUT2D eigenvalue weighted by atomic mass is 9.89. The Labute approximate surface area is 154 Å². The normalized spacial score (nSPS) is 14.8. The molecule has 0 spiro atoms. The molecule has 134 valence electrons. The smallest absolute Gasteiger partial charge is 0.287 e. The summed E-state index contributed by atoms with van der Waals surface area (Å²) >= 11 is 0. The third-order valence-electron chi connectivity index (χ3n) is 5.39. The molecule has 3 heteroatoms. The van der Waals surface area contributed by atoms with Crippen molar-refractivity contribution in [3.05, 3.63) is 70.5 Å². The zero-order chi connectivity index (χ0) is 18.1. The Bertz CT molecular complexity index is 954. The third kappa shape index (κ3) is 3.26. The van der Waals surface area contributed by atoms with Gasteiger partial charge in [-0.15, -0.1) is 0 Å². The lowest BCUT2D eigenvalue weighted by Gasteiger charge is -2.21. The van der Waals surface area contributed by atoms with E-state index in [0.717, 1.165) is 29.4 Å². The Kier molecular flexibility index (Phi) is 4.54. The monoisotopic (exact) mass is 347 g/mol. The molecule has 0 bridgehead atoms. The van der Waals surface area contributed by atoms with Gasteiger partial charge in [-0.2, -0.15) is 0 Å². The van der Waals surface area contributed by atoms with Crippen LogP contribution in [-0.2, 0) is 12.8 Å². The fraction of sp³-hybridized carbons (Fsp3) is 0.348. The number of nitrogens with one attached hydrogen (secondary N) is 1. The van der Waals surface area contributed by atoms with Gasteiger partial charge >= 0.3 is 0 Å². The molecule has 0 saturated carbocycles. The maximum absolute atomic E-state index is 12.7. The predicted octanol–water partition coefficient (Wildman–Crippen LogP) is 5.50. The lowest BCUT2D eigenvalue weighted by molar-refractivity contribution is 0.0909. The van der Waals surface area contributed by atoms with Gasteiger partial charge in [0.1, 0.15) is 5.58 Å². The highest BCUT2D eigenvalue weighted by Crippen LogP contribution is 2.27. The highest BCUT2D eigenvalue weighted by atomic mass is 16.3. The van der Waals surface area contributed by atoms with Crippen molar-refractivity contribution in [2.24, 2.45) is 0 Å². The number of hydrogen-bond acceptors (Lipinski definition) is 2. The molecule has 1 N–H and O–H groups in total. The molecule has 3 aromatic rings. The standard InChI is InChI=1S/C23H25NO2/c1-3-20(18-11-10-16-6-4-5-7-17(16)13-18)24-23(25)22-14-19-9-8-15(2)12-21(19)26-22/h8-14,20H,3-7H2,1-2H3,(H,24,25). The minimum absolute atomic E-state index is 0.00433. The van der Waals surface area contributed by atoms with E-state index >= 15 is 0 Å². The Morgan fingerprint density at radius 3 is 2.69 bits per heavy atom. The molecule has 0 saturated heterocycles. The van der Waals surface area contributed by atoms with Gasteiger partial charge in [0.15, 0.2) is 5.76 Å². The zero-order valence-corrected chi connectivity index (χ0v) is 15.5. The van der Waals surface area contributed by atoms with E-state index in [1.165, 1.54) is 36.0 Å². The zero-order valence-electron chi connectivity index (χ0n) is 15.5. The Balaban J connectivity index is 1.56. The summed E-state index contributed by atoms with van der Waals surface area (Å²) in [6, 6.07) is 14.5. The highest BCUT2D eigenvalue weighted by molar-refractivity contribution is 5.96. The van der Waals surface area contributed by atoms with E-state index < -0.39 is 0 Å². The van der Waals surface area contributed by atoms with Crippen molar-refractivity contribution in [2.45, 2.75) is 52.0 Å². The Morgan fingerprint density at radius 2 is 1.88 bits per heavy atom. The van der Waals surface area contributed by atoms with E-state index in [9.17, 15) is 4.79 Å². The van der Waals surface area contributed by atoms with E-state index in [-0.39, 0.29) is 11.9 Å². The first-order chi connectivity index (χ1) is 12.6. The van der Waals surface area contributed by atoms with Crippen LogP contribution in [0.4, 0.5) is 0 Å². The maximum Gasteiger partial charge on any atom is 0.287 e. The van der Waals surface area contributed by atoms with Gasteiger partial charge in [0.25, 0.3) is 5.91 Å². The van der Waals surface area contributed by atoms with Crippen LogP contribution < -0.4 is 5.32 Å². The summed E-state index contributed by atoms with van der Waals surface area (Å²) in [6.45, 7) is 4.12. The number of rotatable bonds is 4. The van der Waals surface area contributed by atoms with Gasteiger partial charge in [-0.25, -0.2) is 0 Å². The molecule has 2 aromatic carbocycles. The van der Waals surface area contributed by atoms with Gasteiger partial charge in [0, 0.05) is 5.39 Å². The number of fused-ring (bicyclic) bond motifs is 2. The largest absolute Gasteiger partial charge is 0.451 e. The Hall–Kier alpha value is -2.55. The number of benzene rings is 2. The van der Waals surface area contributed by atoms with Gasteiger partial charge in [-0.05, 0) is 73.4 Å². The highest BCUT2D eigenvalue weighted by Gasteiger charge is 2.19. The van der Waals surface area contributed by atoms with Crippen LogP contribution in [0.25, 0.3) is 11.0 Å². The molecule has 1 aliphatic carbocycles. The van der Waals surface area contributed by atoms with Crippen molar-refractivity contribution in [3.8, 4) is 0 Å². The summed E-state index contributed by atoms with van der Waals surface area (Å²) in [4.78, 5) is 12.7. The minimum atomic E-state index is -0.150. The molecule has 1 aliphatic rings. The molecule has 1 heterocycles. The van der Waals surface area contributed by atoms with Crippen LogP contribution in [-0.4, -0.2) is 5.91 Å². The van der Waals surface area contributed by atoms with Gasteiger partial charge < -0.3 is 9.73 Å². The van der Waals surface area contributed by atoms with E-state index in [1.54, 1.807) is 0 Å². The topological polar surface area (TPSA) is 42.2 Å². The number of aryl methyl sites for hydroxylation is 3. The van der Waals surface area contributed by atoms with Gasteiger partial charge in [-0.3, -0.25) is 4.79 Å². The molecule has 0 fully saturated rings. The molecular formula is C23H25NO2. The molecule has 1 amide bonds. The first-order valence-electron chi connectivity index (χ1n) is 9.57. The summed E-state index contributed by atoms with van der Waals surface area (Å²) in [5.41, 5.74) is 5.99. The van der Waals surface area contributed by atoms with Crippen molar-refractivity contribution in [1.82, 2.24) is 5.32 Å². The fourth-order valence-electron chi connectivity index (χ4n) is 3.87. The number of amides is 1. The summed E-state index contributed by atoms with van der Waals surface area (Å²) in [5, 5.41) is 4.11. The fourth-order valence-corrected chi connectivity index (χ4v) is 3.87. The molecule has 1 atom stereocenters. The van der Waals surface area contributed by atoms with Crippen LogP contribution in [0.2, 0.25) is 0 Å². The van der Waals surface area contributed by atoms with Crippen LogP contribution in [0.15, 0.2) is 46.9 Å². The van der Waals surface area contributed by atoms with Gasteiger partial charge in [0.05, 0.1) is 6.04 Å². The molecule has 0 radical (unpaired) electrons. The van der Waals surface area contributed by atoms with Crippen LogP contribution in [0.3, 0.4) is 0 Å². The van der Waals surface area contributed by atoms with E-state index in [2.05, 4.69) is 30.4 Å². The molecule has 26 heavy (non-hydrogen) atoms. The third-order valence-corrected chi connectivity index (χ3v) is 5.39. The SMILES string of the molecule is CCC(NC(=O)c1cc2ccc(C)cc2o1)c1ccc2c(c1)CCCC2. The van der Waals surface area contributed by atoms with Crippen molar-refractivity contribution in [3.63, 3.8) is 0 Å². The first kappa shape index (κ1) is 16.9. The van der Waals surface area contributed by atoms with Crippen LogP contribution in [0, 0.1) is 6.92 Å². The van der Waals surface area contributed by atoms with Crippen molar-refractivity contribution in [2.75, 3.05) is 0 Å². The average molecular weight is 347 g/mol. The predicted molar refractivity (Wildman–Crippen MR) is 105 cm³/mol. The van der Waals surface area contributed by atoms with E-state index in [1.807, 2.05) is 31.2 Å². The summed E-state index contributed by atoms with van der Waals surface area (Å²) in [5.74, 6) is 0.227. The quantitative estimate of drug-likeness (QED) is 0.677. The summed E-state index contributed by atoms with van der Waals surface area (Å²) in [6.07, 6.45) is 5.72. The second-order valence-electron chi connectivity index (χ2n) is 7.32.